The Bertz CT molecular complexity index is 625. The highest BCUT2D eigenvalue weighted by atomic mass is 16.5. The zero-order valence-corrected chi connectivity index (χ0v) is 8.97. The summed E-state index contributed by atoms with van der Waals surface area (Å²) < 4.78 is 10.5. The van der Waals surface area contributed by atoms with E-state index in [0.29, 0.717) is 11.1 Å². The highest BCUT2D eigenvalue weighted by Crippen LogP contribution is 2.17. The number of hydrogen-bond donors (Lipinski definition) is 0. The average Bonchev–Trinajstić information content (AvgIpc) is 2.65. The number of aromatic nitrogens is 3. The number of carbonyl (C=O) groups excluding carboxylic acids is 1. The predicted octanol–water partition coefficient (Wildman–Crippen LogP) is 0.0165. The summed E-state index contributed by atoms with van der Waals surface area (Å²) >= 11 is 0. The topological polar surface area (TPSA) is 87.2 Å². The van der Waals surface area contributed by atoms with Crippen molar-refractivity contribution in [3.05, 3.63) is 21.8 Å². The van der Waals surface area contributed by atoms with E-state index in [-0.39, 0.29) is 11.2 Å². The molecule has 7 nitrogen and oxygen atoms in total. The molecule has 84 valence electrons. The van der Waals surface area contributed by atoms with E-state index in [9.17, 15) is 9.59 Å². The average molecular weight is 223 g/mol. The Morgan fingerprint density at radius 1 is 1.50 bits per heavy atom. The molecule has 0 aromatic carbocycles. The maximum Gasteiger partial charge on any atom is 0.359 e. The molecule has 0 unspecified atom stereocenters. The van der Waals surface area contributed by atoms with Crippen LogP contribution in [0.2, 0.25) is 0 Å². The normalized spacial score (nSPS) is 10.7. The molecule has 0 saturated heterocycles. The van der Waals surface area contributed by atoms with Gasteiger partial charge in [0.2, 0.25) is 0 Å². The summed E-state index contributed by atoms with van der Waals surface area (Å²) in [7, 11) is 2.67. The first kappa shape index (κ1) is 10.3. The van der Waals surface area contributed by atoms with Crippen LogP contribution in [-0.4, -0.2) is 28.0 Å². The Morgan fingerprint density at radius 3 is 2.81 bits per heavy atom. The second-order valence-electron chi connectivity index (χ2n) is 3.23. The first-order valence-electron chi connectivity index (χ1n) is 4.48. The summed E-state index contributed by atoms with van der Waals surface area (Å²) in [6.07, 6.45) is 0. The molecule has 0 bridgehead atoms. The van der Waals surface area contributed by atoms with Crippen LogP contribution in [-0.2, 0) is 11.8 Å². The molecule has 0 N–H and O–H groups in total. The third-order valence-corrected chi connectivity index (χ3v) is 2.22. The molecule has 7 heteroatoms. The monoisotopic (exact) mass is 223 g/mol. The van der Waals surface area contributed by atoms with E-state index in [1.165, 1.54) is 14.2 Å². The molecular formula is C9H9N3O4. The van der Waals surface area contributed by atoms with Crippen LogP contribution < -0.4 is 5.56 Å². The molecule has 16 heavy (non-hydrogen) atoms. The minimum Gasteiger partial charge on any atom is -0.464 e. The molecule has 2 rings (SSSR count). The van der Waals surface area contributed by atoms with Crippen LogP contribution in [0.4, 0.5) is 0 Å². The first-order valence-corrected chi connectivity index (χ1v) is 4.48. The van der Waals surface area contributed by atoms with E-state index in [1.54, 1.807) is 6.92 Å². The van der Waals surface area contributed by atoms with E-state index in [2.05, 4.69) is 15.0 Å². The molecule has 0 saturated carbocycles. The van der Waals surface area contributed by atoms with Gasteiger partial charge in [-0.1, -0.05) is 5.16 Å². The van der Waals surface area contributed by atoms with Gasteiger partial charge in [-0.25, -0.2) is 9.48 Å². The van der Waals surface area contributed by atoms with Crippen LogP contribution in [0, 0.1) is 6.92 Å². The Kier molecular flexibility index (Phi) is 2.22. The third kappa shape index (κ3) is 1.28. The lowest BCUT2D eigenvalue weighted by atomic mass is 10.2. The van der Waals surface area contributed by atoms with Crippen molar-refractivity contribution in [3.8, 4) is 0 Å². The van der Waals surface area contributed by atoms with Gasteiger partial charge in [0.05, 0.1) is 12.5 Å². The number of esters is 1. The summed E-state index contributed by atoms with van der Waals surface area (Å²) in [5.41, 5.74) is -0.312. The van der Waals surface area contributed by atoms with Crippen LogP contribution in [0.3, 0.4) is 0 Å². The van der Waals surface area contributed by atoms with Crippen molar-refractivity contribution in [2.75, 3.05) is 7.11 Å². The second kappa shape index (κ2) is 3.44. The fraction of sp³-hybridized carbons (Fsp3) is 0.333. The Labute approximate surface area is 89.6 Å². The first-order chi connectivity index (χ1) is 7.56. The summed E-state index contributed by atoms with van der Waals surface area (Å²) in [6.45, 7) is 1.60. The van der Waals surface area contributed by atoms with Crippen molar-refractivity contribution in [2.45, 2.75) is 6.92 Å². The van der Waals surface area contributed by atoms with Crippen molar-refractivity contribution in [1.29, 1.82) is 0 Å². The van der Waals surface area contributed by atoms with E-state index in [4.69, 9.17) is 4.52 Å². The van der Waals surface area contributed by atoms with Crippen LogP contribution in [0.25, 0.3) is 10.9 Å². The zero-order valence-electron chi connectivity index (χ0n) is 8.97. The molecule has 0 aliphatic rings. The SMILES string of the molecule is COC(=O)c1nn(C)c(=O)c2noc(C)c12. The molecule has 0 amide bonds. The molecule has 0 aliphatic heterocycles. The fourth-order valence-corrected chi connectivity index (χ4v) is 1.44. The highest BCUT2D eigenvalue weighted by molar-refractivity contribution is 6.01. The van der Waals surface area contributed by atoms with Gasteiger partial charge in [-0.05, 0) is 6.92 Å². The van der Waals surface area contributed by atoms with Gasteiger partial charge >= 0.3 is 5.97 Å². The maximum absolute atomic E-state index is 11.6. The quantitative estimate of drug-likeness (QED) is 0.633. The van der Waals surface area contributed by atoms with Gasteiger partial charge in [-0.2, -0.15) is 5.10 Å². The zero-order chi connectivity index (χ0) is 11.9. The molecule has 2 aromatic heterocycles. The van der Waals surface area contributed by atoms with Crippen LogP contribution >= 0.6 is 0 Å². The second-order valence-corrected chi connectivity index (χ2v) is 3.23. The number of ether oxygens (including phenoxy) is 1. The Morgan fingerprint density at radius 2 is 2.19 bits per heavy atom. The lowest BCUT2D eigenvalue weighted by Crippen LogP contribution is -2.23. The van der Waals surface area contributed by atoms with E-state index < -0.39 is 11.5 Å². The van der Waals surface area contributed by atoms with Gasteiger partial charge in [0.15, 0.2) is 11.2 Å². The smallest absolute Gasteiger partial charge is 0.359 e. The van der Waals surface area contributed by atoms with Gasteiger partial charge in [0.1, 0.15) is 5.76 Å². The molecule has 0 spiro atoms. The van der Waals surface area contributed by atoms with Gasteiger partial charge in [0, 0.05) is 7.05 Å². The van der Waals surface area contributed by atoms with E-state index >= 15 is 0 Å². The minimum absolute atomic E-state index is 0.0263. The lowest BCUT2D eigenvalue weighted by molar-refractivity contribution is 0.0593. The molecule has 2 aromatic rings. The Balaban J connectivity index is 2.93. The summed E-state index contributed by atoms with van der Waals surface area (Å²) in [6, 6.07) is 0. The van der Waals surface area contributed by atoms with E-state index in [1.807, 2.05) is 0 Å². The fourth-order valence-electron chi connectivity index (χ4n) is 1.44. The number of fused-ring (bicyclic) bond motifs is 1. The molecule has 0 radical (unpaired) electrons. The Hall–Kier alpha value is -2.18. The summed E-state index contributed by atoms with van der Waals surface area (Å²) in [5, 5.41) is 7.74. The maximum atomic E-state index is 11.6. The summed E-state index contributed by atoms with van der Waals surface area (Å²) in [4.78, 5) is 23.1. The standard InChI is InChI=1S/C9H9N3O4/c1-4-5-6(11-16-4)8(13)12(2)10-7(5)9(14)15-3/h1-3H3. The van der Waals surface area contributed by atoms with Gasteiger partial charge in [-0.15, -0.1) is 0 Å². The van der Waals surface area contributed by atoms with Crippen molar-refractivity contribution >= 4 is 16.9 Å². The molecule has 0 fully saturated rings. The van der Waals surface area contributed by atoms with Gasteiger partial charge < -0.3 is 9.26 Å². The number of hydrogen-bond acceptors (Lipinski definition) is 6. The minimum atomic E-state index is -0.632. The van der Waals surface area contributed by atoms with Gasteiger partial charge in [0.25, 0.3) is 5.56 Å². The largest absolute Gasteiger partial charge is 0.464 e. The van der Waals surface area contributed by atoms with Crippen LogP contribution in [0.1, 0.15) is 16.2 Å². The van der Waals surface area contributed by atoms with Crippen molar-refractivity contribution < 1.29 is 14.1 Å². The third-order valence-electron chi connectivity index (χ3n) is 2.22. The number of aryl methyl sites for hydroxylation is 2. The number of carbonyl (C=O) groups is 1. The lowest BCUT2D eigenvalue weighted by Gasteiger charge is -2.01. The van der Waals surface area contributed by atoms with Crippen molar-refractivity contribution in [2.24, 2.45) is 7.05 Å². The number of methoxy groups -OCH3 is 1. The van der Waals surface area contributed by atoms with Crippen molar-refractivity contribution in [3.63, 3.8) is 0 Å². The number of rotatable bonds is 1. The molecule has 0 atom stereocenters. The van der Waals surface area contributed by atoms with Gasteiger partial charge in [-0.3, -0.25) is 4.79 Å². The number of nitrogens with zero attached hydrogens (tertiary/aromatic N) is 3. The predicted molar refractivity (Wildman–Crippen MR) is 53.1 cm³/mol. The summed E-state index contributed by atoms with van der Waals surface area (Å²) in [5.74, 6) is -0.271. The molecule has 0 aliphatic carbocycles. The molecule has 2 heterocycles. The van der Waals surface area contributed by atoms with Crippen LogP contribution in [0.15, 0.2) is 9.32 Å². The highest BCUT2D eigenvalue weighted by Gasteiger charge is 2.21. The van der Waals surface area contributed by atoms with E-state index in [0.717, 1.165) is 4.68 Å². The van der Waals surface area contributed by atoms with Crippen molar-refractivity contribution in [1.82, 2.24) is 14.9 Å². The van der Waals surface area contributed by atoms with Crippen LogP contribution in [0.5, 0.6) is 0 Å². The molecular weight excluding hydrogens is 214 g/mol.